The number of carbonyl (C=O) groups excluding carboxylic acids is 1. The maximum absolute atomic E-state index is 11.1. The van der Waals surface area contributed by atoms with Gasteiger partial charge in [-0.25, -0.2) is 4.99 Å². The van der Waals surface area contributed by atoms with E-state index in [1.165, 1.54) is 77.0 Å². The van der Waals surface area contributed by atoms with Crippen molar-refractivity contribution in [2.24, 2.45) is 4.99 Å². The van der Waals surface area contributed by atoms with Crippen LogP contribution in [0, 0.1) is 0 Å². The summed E-state index contributed by atoms with van der Waals surface area (Å²) in [7, 11) is 0. The fourth-order valence-electron chi connectivity index (χ4n) is 4.17. The fraction of sp³-hybridized carbons (Fsp3) is 0.826. The molecule has 0 saturated carbocycles. The zero-order chi connectivity index (χ0) is 19.8. The van der Waals surface area contributed by atoms with Gasteiger partial charge in [-0.15, -0.1) is 6.58 Å². The van der Waals surface area contributed by atoms with Crippen LogP contribution < -0.4 is 5.32 Å². The van der Waals surface area contributed by atoms with Crippen LogP contribution in [-0.4, -0.2) is 48.9 Å². The minimum Gasteiger partial charge on any atom is -0.351 e. The first kappa shape index (κ1) is 23.9. The van der Waals surface area contributed by atoms with Crippen molar-refractivity contribution >= 4 is 12.1 Å². The zero-order valence-corrected chi connectivity index (χ0v) is 18.1. The first-order chi connectivity index (χ1) is 13.1. The Hall–Kier alpha value is -1.16. The summed E-state index contributed by atoms with van der Waals surface area (Å²) >= 11 is 0. The average Bonchev–Trinajstić information content (AvgIpc) is 3.05. The van der Waals surface area contributed by atoms with Crippen molar-refractivity contribution < 1.29 is 9.28 Å². The highest BCUT2D eigenvalue weighted by atomic mass is 16.1. The van der Waals surface area contributed by atoms with E-state index in [1.807, 2.05) is 6.08 Å². The van der Waals surface area contributed by atoms with Gasteiger partial charge in [-0.3, -0.25) is 9.28 Å². The van der Waals surface area contributed by atoms with Crippen LogP contribution in [0.25, 0.3) is 0 Å². The lowest BCUT2D eigenvalue weighted by Gasteiger charge is -2.38. The number of unbranched alkanes of at least 4 members (excludes halogenated alkanes) is 10. The Labute approximate surface area is 168 Å². The van der Waals surface area contributed by atoms with E-state index in [2.05, 4.69) is 25.0 Å². The number of nitrogens with zero attached hydrogens (tertiary/aromatic N) is 2. The summed E-state index contributed by atoms with van der Waals surface area (Å²) < 4.78 is 1.02. The summed E-state index contributed by atoms with van der Waals surface area (Å²) in [6.07, 6.45) is 20.6. The lowest BCUT2D eigenvalue weighted by molar-refractivity contribution is -0.935. The molecule has 0 aromatic rings. The molecule has 0 spiro atoms. The third-order valence-electron chi connectivity index (χ3n) is 6.04. The van der Waals surface area contributed by atoms with Crippen molar-refractivity contribution in [1.82, 2.24) is 5.32 Å². The molecule has 1 amide bonds. The maximum Gasteiger partial charge on any atom is 0.217 e. The summed E-state index contributed by atoms with van der Waals surface area (Å²) in [5.41, 5.74) is 0. The molecule has 0 aromatic heterocycles. The molecule has 1 heterocycles. The van der Waals surface area contributed by atoms with Gasteiger partial charge in [-0.1, -0.05) is 57.4 Å². The third kappa shape index (κ3) is 10.1. The summed E-state index contributed by atoms with van der Waals surface area (Å²) in [5, 5.41) is 2.95. The van der Waals surface area contributed by atoms with Crippen molar-refractivity contribution in [3.8, 4) is 0 Å². The molecular formula is C23H44N3O+. The molecule has 0 bridgehead atoms. The first-order valence-electron chi connectivity index (χ1n) is 11.4. The molecule has 0 saturated heterocycles. The van der Waals surface area contributed by atoms with Gasteiger partial charge in [0, 0.05) is 13.3 Å². The summed E-state index contributed by atoms with van der Waals surface area (Å²) in [6.45, 7) is 11.5. The predicted octanol–water partition coefficient (Wildman–Crippen LogP) is 5.24. The van der Waals surface area contributed by atoms with Crippen molar-refractivity contribution in [1.29, 1.82) is 0 Å². The van der Waals surface area contributed by atoms with Crippen LogP contribution in [-0.2, 0) is 4.79 Å². The molecule has 0 radical (unpaired) electrons. The standard InChI is InChI=1S/C23H43N3O/c1-4-6-7-8-9-10-11-12-13-14-15-16-17-23-25-19-21-26(23,5-2)20-18-24-22(3)27/h4,19,23H,1,5-18,20-21H2,2-3H3/p+1. The second-order valence-corrected chi connectivity index (χ2v) is 8.14. The second-order valence-electron chi connectivity index (χ2n) is 8.14. The van der Waals surface area contributed by atoms with Gasteiger partial charge in [-0.2, -0.15) is 0 Å². The number of rotatable bonds is 17. The van der Waals surface area contributed by atoms with Crippen LogP contribution in [0.1, 0.15) is 90.9 Å². The Balaban J connectivity index is 2.06. The van der Waals surface area contributed by atoms with E-state index >= 15 is 0 Å². The van der Waals surface area contributed by atoms with Gasteiger partial charge >= 0.3 is 0 Å². The number of likely N-dealkylation sites (N-methyl/N-ethyl adjacent to an activating group) is 1. The average molecular weight is 379 g/mol. The van der Waals surface area contributed by atoms with Gasteiger partial charge in [0.05, 0.1) is 25.8 Å². The minimum absolute atomic E-state index is 0.0673. The zero-order valence-electron chi connectivity index (χ0n) is 18.1. The monoisotopic (exact) mass is 378 g/mol. The Morgan fingerprint density at radius 3 is 2.26 bits per heavy atom. The van der Waals surface area contributed by atoms with Crippen molar-refractivity contribution in [2.75, 3.05) is 26.2 Å². The molecule has 1 rings (SSSR count). The number of hydrogen-bond donors (Lipinski definition) is 1. The van der Waals surface area contributed by atoms with E-state index in [4.69, 9.17) is 4.99 Å². The van der Waals surface area contributed by atoms with Crippen molar-refractivity contribution in [2.45, 2.75) is 97.1 Å². The van der Waals surface area contributed by atoms with Crippen LogP contribution in [0.4, 0.5) is 0 Å². The van der Waals surface area contributed by atoms with Crippen LogP contribution in [0.3, 0.4) is 0 Å². The second kappa shape index (κ2) is 14.8. The van der Waals surface area contributed by atoms with Crippen molar-refractivity contribution in [3.63, 3.8) is 0 Å². The lowest BCUT2D eigenvalue weighted by Crippen LogP contribution is -2.55. The number of amides is 1. The summed E-state index contributed by atoms with van der Waals surface area (Å²) in [5.74, 6) is 0.0673. The van der Waals surface area contributed by atoms with Crippen LogP contribution >= 0.6 is 0 Å². The Bertz CT molecular complexity index is 435. The van der Waals surface area contributed by atoms with Crippen LogP contribution in [0.5, 0.6) is 0 Å². The molecule has 1 aliphatic rings. The third-order valence-corrected chi connectivity index (χ3v) is 6.04. The highest BCUT2D eigenvalue weighted by molar-refractivity contribution is 5.72. The van der Waals surface area contributed by atoms with E-state index in [1.54, 1.807) is 6.92 Å². The largest absolute Gasteiger partial charge is 0.351 e. The maximum atomic E-state index is 11.1. The lowest BCUT2D eigenvalue weighted by atomic mass is 10.0. The fourth-order valence-corrected chi connectivity index (χ4v) is 4.17. The van der Waals surface area contributed by atoms with E-state index in [9.17, 15) is 4.79 Å². The molecule has 2 unspecified atom stereocenters. The molecule has 0 aliphatic carbocycles. The van der Waals surface area contributed by atoms with Gasteiger partial charge < -0.3 is 5.32 Å². The van der Waals surface area contributed by atoms with Gasteiger partial charge in [-0.05, 0) is 26.2 Å². The Morgan fingerprint density at radius 2 is 1.70 bits per heavy atom. The smallest absolute Gasteiger partial charge is 0.217 e. The number of carbonyl (C=O) groups is 1. The predicted molar refractivity (Wildman–Crippen MR) is 117 cm³/mol. The van der Waals surface area contributed by atoms with Gasteiger partial charge in [0.1, 0.15) is 6.54 Å². The number of aliphatic imine (C=N–C) groups is 1. The van der Waals surface area contributed by atoms with Crippen molar-refractivity contribution in [3.05, 3.63) is 12.7 Å². The molecule has 2 atom stereocenters. The molecule has 156 valence electrons. The summed E-state index contributed by atoms with van der Waals surface area (Å²) in [4.78, 5) is 15.9. The van der Waals surface area contributed by atoms with E-state index in [-0.39, 0.29) is 5.91 Å². The Kier molecular flexibility index (Phi) is 13.1. The number of nitrogens with one attached hydrogen (secondary N) is 1. The Morgan fingerprint density at radius 1 is 1.11 bits per heavy atom. The highest BCUT2D eigenvalue weighted by Crippen LogP contribution is 2.24. The van der Waals surface area contributed by atoms with Gasteiger partial charge in [0.2, 0.25) is 5.91 Å². The van der Waals surface area contributed by atoms with Crippen LogP contribution in [0.2, 0.25) is 0 Å². The first-order valence-corrected chi connectivity index (χ1v) is 11.4. The summed E-state index contributed by atoms with van der Waals surface area (Å²) in [6, 6.07) is 0. The normalized spacial score (nSPS) is 21.5. The molecule has 0 fully saturated rings. The molecule has 27 heavy (non-hydrogen) atoms. The molecular weight excluding hydrogens is 334 g/mol. The number of allylic oxidation sites excluding steroid dienone is 1. The quantitative estimate of drug-likeness (QED) is 0.210. The molecule has 0 aromatic carbocycles. The topological polar surface area (TPSA) is 41.5 Å². The van der Waals surface area contributed by atoms with E-state index in [0.717, 1.165) is 30.7 Å². The van der Waals surface area contributed by atoms with Gasteiger partial charge in [0.15, 0.2) is 6.17 Å². The molecule has 4 heteroatoms. The molecule has 4 nitrogen and oxygen atoms in total. The minimum atomic E-state index is 0.0673. The SMILES string of the molecule is C=CCCCCCCCCCCCCC1N=CC[N+]1(CC)CCNC(C)=O. The molecule has 1 N–H and O–H groups in total. The highest BCUT2D eigenvalue weighted by Gasteiger charge is 2.37. The van der Waals surface area contributed by atoms with Gasteiger partial charge in [0.25, 0.3) is 0 Å². The van der Waals surface area contributed by atoms with E-state index in [0.29, 0.717) is 6.17 Å². The number of quaternary nitrogens is 1. The molecule has 1 aliphatic heterocycles. The number of hydrogen-bond acceptors (Lipinski definition) is 2. The van der Waals surface area contributed by atoms with Crippen LogP contribution in [0.15, 0.2) is 17.6 Å². The van der Waals surface area contributed by atoms with E-state index < -0.39 is 0 Å².